The predicted octanol–water partition coefficient (Wildman–Crippen LogP) is 0.452. The summed E-state index contributed by atoms with van der Waals surface area (Å²) in [6, 6.07) is 0. The Kier molecular flexibility index (Phi) is 7.95. The molecule has 2 rings (SSSR count). The molecule has 7 heteroatoms. The molecule has 1 aromatic heterocycles. The summed E-state index contributed by atoms with van der Waals surface area (Å²) in [5.74, 6) is 0.327. The average molecular weight is 281 g/mol. The first-order valence-corrected chi connectivity index (χ1v) is 5.30. The number of rotatable bonds is 4. The zero-order valence-corrected chi connectivity index (χ0v) is 11.1. The Morgan fingerprint density at radius 3 is 2.94 bits per heavy atom. The highest BCUT2D eigenvalue weighted by molar-refractivity contribution is 5.85. The lowest BCUT2D eigenvalue weighted by atomic mass is 10.1. The molecule has 1 aliphatic heterocycles. The molecule has 0 aliphatic carbocycles. The van der Waals surface area contributed by atoms with Crippen molar-refractivity contribution in [2.24, 2.45) is 5.92 Å². The maximum atomic E-state index is 11.6. The largest absolute Gasteiger partial charge is 0.354 e. The van der Waals surface area contributed by atoms with Crippen LogP contribution in [0.25, 0.3) is 0 Å². The molecule has 1 aromatic rings. The highest BCUT2D eigenvalue weighted by atomic mass is 35.5. The van der Waals surface area contributed by atoms with E-state index in [4.69, 9.17) is 0 Å². The minimum Gasteiger partial charge on any atom is -0.354 e. The Morgan fingerprint density at radius 2 is 2.35 bits per heavy atom. The quantitative estimate of drug-likeness (QED) is 0.842. The Morgan fingerprint density at radius 1 is 1.53 bits per heavy atom. The predicted molar refractivity (Wildman–Crippen MR) is 70.7 cm³/mol. The molecule has 0 aromatic carbocycles. The van der Waals surface area contributed by atoms with Crippen LogP contribution in [-0.2, 0) is 11.3 Å². The maximum Gasteiger partial charge on any atom is 0.224 e. The van der Waals surface area contributed by atoms with Crippen LogP contribution in [-0.4, -0.2) is 35.1 Å². The first kappa shape index (κ1) is 16.2. The normalized spacial score (nSPS) is 18.0. The van der Waals surface area contributed by atoms with Crippen molar-refractivity contribution in [2.75, 3.05) is 19.6 Å². The zero-order valence-electron chi connectivity index (χ0n) is 9.46. The number of imidazole rings is 1. The number of amides is 1. The van der Waals surface area contributed by atoms with E-state index in [1.807, 2.05) is 10.8 Å². The van der Waals surface area contributed by atoms with Crippen LogP contribution < -0.4 is 10.6 Å². The van der Waals surface area contributed by atoms with Crippen LogP contribution in [0.3, 0.4) is 0 Å². The van der Waals surface area contributed by atoms with Crippen molar-refractivity contribution in [2.45, 2.75) is 13.0 Å². The number of carbonyl (C=O) groups is 1. The molecule has 17 heavy (non-hydrogen) atoms. The second-order valence-corrected chi connectivity index (χ2v) is 3.78. The summed E-state index contributed by atoms with van der Waals surface area (Å²) in [6.45, 7) is 3.23. The van der Waals surface area contributed by atoms with E-state index in [1.54, 1.807) is 12.5 Å². The molecule has 0 spiro atoms. The number of hydrogen-bond donors (Lipinski definition) is 2. The molecule has 1 saturated heterocycles. The lowest BCUT2D eigenvalue weighted by molar-refractivity contribution is -0.124. The van der Waals surface area contributed by atoms with Gasteiger partial charge in [0.05, 0.1) is 12.2 Å². The smallest absolute Gasteiger partial charge is 0.224 e. The van der Waals surface area contributed by atoms with Gasteiger partial charge >= 0.3 is 0 Å². The van der Waals surface area contributed by atoms with E-state index in [0.29, 0.717) is 6.54 Å². The van der Waals surface area contributed by atoms with E-state index >= 15 is 0 Å². The average Bonchev–Trinajstić information content (AvgIpc) is 2.90. The summed E-state index contributed by atoms with van der Waals surface area (Å²) < 4.78 is 1.95. The molecule has 2 heterocycles. The highest BCUT2D eigenvalue weighted by Crippen LogP contribution is 2.06. The number of aromatic nitrogens is 2. The third-order valence-corrected chi connectivity index (χ3v) is 2.66. The fourth-order valence-corrected chi connectivity index (χ4v) is 1.75. The SMILES string of the molecule is Cl.Cl.O=C(NCCn1ccnc1)C1CCNC1. The number of halogens is 2. The van der Waals surface area contributed by atoms with E-state index in [-0.39, 0.29) is 36.6 Å². The third-order valence-electron chi connectivity index (χ3n) is 2.66. The van der Waals surface area contributed by atoms with Crippen LogP contribution >= 0.6 is 24.8 Å². The topological polar surface area (TPSA) is 59.0 Å². The molecular weight excluding hydrogens is 263 g/mol. The van der Waals surface area contributed by atoms with Crippen LogP contribution in [0, 0.1) is 5.92 Å². The summed E-state index contributed by atoms with van der Waals surface area (Å²) >= 11 is 0. The van der Waals surface area contributed by atoms with Gasteiger partial charge in [-0.05, 0) is 13.0 Å². The second-order valence-electron chi connectivity index (χ2n) is 3.78. The van der Waals surface area contributed by atoms with Crippen molar-refractivity contribution in [3.63, 3.8) is 0 Å². The molecule has 1 atom stereocenters. The van der Waals surface area contributed by atoms with Crippen molar-refractivity contribution in [3.05, 3.63) is 18.7 Å². The van der Waals surface area contributed by atoms with Gasteiger partial charge in [-0.2, -0.15) is 0 Å². The van der Waals surface area contributed by atoms with Crippen LogP contribution in [0.1, 0.15) is 6.42 Å². The first-order valence-electron chi connectivity index (χ1n) is 5.30. The van der Waals surface area contributed by atoms with E-state index in [1.165, 1.54) is 0 Å². The van der Waals surface area contributed by atoms with Gasteiger partial charge in [0.1, 0.15) is 0 Å². The molecule has 0 radical (unpaired) electrons. The minimum absolute atomic E-state index is 0. The number of nitrogens with one attached hydrogen (secondary N) is 2. The summed E-state index contributed by atoms with van der Waals surface area (Å²) in [5, 5.41) is 6.12. The molecule has 1 unspecified atom stereocenters. The van der Waals surface area contributed by atoms with Crippen molar-refractivity contribution >= 4 is 30.7 Å². The van der Waals surface area contributed by atoms with Crippen molar-refractivity contribution in [1.29, 1.82) is 0 Å². The maximum absolute atomic E-state index is 11.6. The van der Waals surface area contributed by atoms with Gasteiger partial charge in [0.25, 0.3) is 0 Å². The fourth-order valence-electron chi connectivity index (χ4n) is 1.75. The van der Waals surface area contributed by atoms with Gasteiger partial charge in [-0.1, -0.05) is 0 Å². The lowest BCUT2D eigenvalue weighted by Gasteiger charge is -2.09. The molecule has 98 valence electrons. The van der Waals surface area contributed by atoms with Gasteiger partial charge < -0.3 is 15.2 Å². The van der Waals surface area contributed by atoms with E-state index in [9.17, 15) is 4.79 Å². The number of nitrogens with zero attached hydrogens (tertiary/aromatic N) is 2. The van der Waals surface area contributed by atoms with Crippen molar-refractivity contribution in [3.8, 4) is 0 Å². The zero-order chi connectivity index (χ0) is 10.5. The van der Waals surface area contributed by atoms with Gasteiger partial charge in [0.2, 0.25) is 5.91 Å². The van der Waals surface area contributed by atoms with Gasteiger partial charge in [-0.15, -0.1) is 24.8 Å². The Hall–Kier alpha value is -0.780. The third kappa shape index (κ3) is 4.93. The fraction of sp³-hybridized carbons (Fsp3) is 0.600. The summed E-state index contributed by atoms with van der Waals surface area (Å²) in [6.07, 6.45) is 6.34. The molecule has 0 bridgehead atoms. The van der Waals surface area contributed by atoms with Crippen LogP contribution in [0.4, 0.5) is 0 Å². The molecule has 1 fully saturated rings. The number of hydrogen-bond acceptors (Lipinski definition) is 3. The van der Waals surface area contributed by atoms with Gasteiger partial charge in [-0.25, -0.2) is 4.98 Å². The molecule has 5 nitrogen and oxygen atoms in total. The molecule has 1 amide bonds. The van der Waals surface area contributed by atoms with E-state index in [2.05, 4.69) is 15.6 Å². The minimum atomic E-state index is 0. The number of carbonyl (C=O) groups excluding carboxylic acids is 1. The van der Waals surface area contributed by atoms with Gasteiger partial charge in [0.15, 0.2) is 0 Å². The second kappa shape index (κ2) is 8.33. The van der Waals surface area contributed by atoms with E-state index < -0.39 is 0 Å². The summed E-state index contributed by atoms with van der Waals surface area (Å²) in [5.41, 5.74) is 0. The highest BCUT2D eigenvalue weighted by Gasteiger charge is 2.21. The first-order chi connectivity index (χ1) is 7.36. The van der Waals surface area contributed by atoms with Crippen molar-refractivity contribution < 1.29 is 4.79 Å². The molecule has 1 aliphatic rings. The van der Waals surface area contributed by atoms with Crippen LogP contribution in [0.5, 0.6) is 0 Å². The van der Waals surface area contributed by atoms with Crippen molar-refractivity contribution in [1.82, 2.24) is 20.2 Å². The van der Waals surface area contributed by atoms with Crippen LogP contribution in [0.2, 0.25) is 0 Å². The molecule has 0 saturated carbocycles. The molecule has 2 N–H and O–H groups in total. The Bertz CT molecular complexity index is 312. The standard InChI is InChI=1S/C10H16N4O.2ClH/c15-10(9-1-2-11-7-9)13-4-6-14-5-3-12-8-14;;/h3,5,8-9,11H,1-2,4,6-7H2,(H,13,15);2*1H. The Balaban J connectivity index is 0.00000128. The van der Waals surface area contributed by atoms with Gasteiger partial charge in [0, 0.05) is 32.0 Å². The summed E-state index contributed by atoms with van der Waals surface area (Å²) in [7, 11) is 0. The van der Waals surface area contributed by atoms with Gasteiger partial charge in [-0.3, -0.25) is 4.79 Å². The summed E-state index contributed by atoms with van der Waals surface area (Å²) in [4.78, 5) is 15.5. The van der Waals surface area contributed by atoms with Crippen LogP contribution in [0.15, 0.2) is 18.7 Å². The monoisotopic (exact) mass is 280 g/mol. The lowest BCUT2D eigenvalue weighted by Crippen LogP contribution is -2.33. The van der Waals surface area contributed by atoms with E-state index in [0.717, 1.165) is 26.1 Å². The molecular formula is C10H18Cl2N4O. The Labute approximate surface area is 113 Å².